The predicted octanol–water partition coefficient (Wildman–Crippen LogP) is 2.85. The Kier molecular flexibility index (Phi) is 5.88. The smallest absolute Gasteiger partial charge is 0.338 e. The van der Waals surface area contributed by atoms with Crippen molar-refractivity contribution in [3.63, 3.8) is 0 Å². The lowest BCUT2D eigenvalue weighted by molar-refractivity contribution is -0.144. The van der Waals surface area contributed by atoms with E-state index in [1.807, 2.05) is 0 Å². The van der Waals surface area contributed by atoms with Gasteiger partial charge < -0.3 is 19.3 Å². The van der Waals surface area contributed by atoms with Crippen molar-refractivity contribution in [2.75, 3.05) is 6.61 Å². The van der Waals surface area contributed by atoms with E-state index in [0.717, 1.165) is 0 Å². The highest BCUT2D eigenvalue weighted by Gasteiger charge is 2.56. The van der Waals surface area contributed by atoms with Gasteiger partial charge in [0.1, 0.15) is 12.7 Å². The predicted molar refractivity (Wildman–Crippen MR) is 96.0 cm³/mol. The maximum absolute atomic E-state index is 14.5. The zero-order valence-corrected chi connectivity index (χ0v) is 15.5. The van der Waals surface area contributed by atoms with Crippen molar-refractivity contribution >= 4 is 27.9 Å². The average Bonchev–Trinajstić information content (AvgIpc) is 2.90. The second-order valence-corrected chi connectivity index (χ2v) is 7.00. The van der Waals surface area contributed by atoms with Crippen LogP contribution in [-0.2, 0) is 14.2 Å². The molecule has 0 amide bonds. The standard InChI is InChI=1S/C19H16BrFO6/c20-19(24)16(21)15(26-18(23)13-9-5-2-6-10-13)14(27-19)11-25-17(22)12-7-3-1-4-8-12/h1-10,14-16,24H,11H2/t14-,15-,16-,19-/m1/s1. The zero-order chi connectivity index (χ0) is 19.4. The molecule has 4 atom stereocenters. The average molecular weight is 439 g/mol. The van der Waals surface area contributed by atoms with E-state index >= 15 is 0 Å². The van der Waals surface area contributed by atoms with Crippen LogP contribution in [0.1, 0.15) is 20.7 Å². The van der Waals surface area contributed by atoms with E-state index in [-0.39, 0.29) is 5.56 Å². The van der Waals surface area contributed by atoms with Gasteiger partial charge in [-0.1, -0.05) is 36.4 Å². The number of halogens is 2. The van der Waals surface area contributed by atoms with Gasteiger partial charge in [0.15, 0.2) is 6.10 Å². The molecule has 1 aliphatic rings. The Morgan fingerprint density at radius 3 is 2.11 bits per heavy atom. The van der Waals surface area contributed by atoms with Gasteiger partial charge in [0, 0.05) is 0 Å². The molecule has 142 valence electrons. The Hall–Kier alpha value is -2.29. The topological polar surface area (TPSA) is 82.1 Å². The van der Waals surface area contributed by atoms with Crippen LogP contribution < -0.4 is 0 Å². The van der Waals surface area contributed by atoms with E-state index < -0.39 is 41.6 Å². The molecule has 0 spiro atoms. The van der Waals surface area contributed by atoms with Gasteiger partial charge in [0.2, 0.25) is 6.17 Å². The molecule has 0 aliphatic carbocycles. The summed E-state index contributed by atoms with van der Waals surface area (Å²) < 4.78 is 27.6. The molecule has 1 aliphatic heterocycles. The van der Waals surface area contributed by atoms with Crippen LogP contribution in [0, 0.1) is 0 Å². The molecule has 27 heavy (non-hydrogen) atoms. The minimum Gasteiger partial charge on any atom is -0.459 e. The van der Waals surface area contributed by atoms with Gasteiger partial charge in [-0.05, 0) is 40.2 Å². The molecule has 1 heterocycles. The summed E-state index contributed by atoms with van der Waals surface area (Å²) in [7, 11) is 0. The summed E-state index contributed by atoms with van der Waals surface area (Å²) in [6.45, 7) is -0.408. The van der Waals surface area contributed by atoms with Crippen molar-refractivity contribution in [1.82, 2.24) is 0 Å². The Balaban J connectivity index is 1.68. The van der Waals surface area contributed by atoms with Gasteiger partial charge in [0.25, 0.3) is 4.70 Å². The fourth-order valence-electron chi connectivity index (χ4n) is 2.58. The monoisotopic (exact) mass is 438 g/mol. The first kappa shape index (κ1) is 19.5. The molecule has 0 radical (unpaired) electrons. The molecule has 0 aromatic heterocycles. The van der Waals surface area contributed by atoms with Crippen molar-refractivity contribution in [1.29, 1.82) is 0 Å². The van der Waals surface area contributed by atoms with Crippen LogP contribution in [0.25, 0.3) is 0 Å². The molecule has 0 saturated carbocycles. The first-order chi connectivity index (χ1) is 12.9. The summed E-state index contributed by atoms with van der Waals surface area (Å²) in [5, 5.41) is 9.96. The maximum atomic E-state index is 14.5. The summed E-state index contributed by atoms with van der Waals surface area (Å²) in [4.78, 5) is 24.3. The number of benzene rings is 2. The zero-order valence-electron chi connectivity index (χ0n) is 14.0. The Labute approximate surface area is 163 Å². The van der Waals surface area contributed by atoms with Crippen molar-refractivity contribution in [3.05, 3.63) is 71.8 Å². The number of alkyl halides is 2. The fourth-order valence-corrected chi connectivity index (χ4v) is 3.08. The van der Waals surface area contributed by atoms with Gasteiger partial charge >= 0.3 is 11.9 Å². The van der Waals surface area contributed by atoms with Crippen molar-refractivity contribution in [3.8, 4) is 0 Å². The highest BCUT2D eigenvalue weighted by Crippen LogP contribution is 2.38. The van der Waals surface area contributed by atoms with Crippen LogP contribution in [0.3, 0.4) is 0 Å². The second-order valence-electron chi connectivity index (χ2n) is 5.87. The molecule has 0 bridgehead atoms. The van der Waals surface area contributed by atoms with E-state index in [4.69, 9.17) is 14.2 Å². The quantitative estimate of drug-likeness (QED) is 0.570. The SMILES string of the molecule is O=C(OC[C@H]1O[C@@](O)(Br)[C@H](F)[C@@H]1OC(=O)c1ccccc1)c1ccccc1. The fraction of sp³-hybridized carbons (Fsp3) is 0.263. The number of carbonyl (C=O) groups is 2. The first-order valence-electron chi connectivity index (χ1n) is 8.10. The van der Waals surface area contributed by atoms with E-state index in [2.05, 4.69) is 15.9 Å². The number of rotatable bonds is 5. The highest BCUT2D eigenvalue weighted by atomic mass is 79.9. The van der Waals surface area contributed by atoms with Gasteiger partial charge in [0.05, 0.1) is 11.1 Å². The molecular weight excluding hydrogens is 423 g/mol. The molecule has 6 nitrogen and oxygen atoms in total. The van der Waals surface area contributed by atoms with Gasteiger partial charge in [-0.2, -0.15) is 0 Å². The van der Waals surface area contributed by atoms with E-state index in [1.54, 1.807) is 48.5 Å². The molecule has 1 saturated heterocycles. The number of esters is 2. The number of carbonyl (C=O) groups excluding carboxylic acids is 2. The molecule has 1 fully saturated rings. The second kappa shape index (κ2) is 8.16. The molecule has 2 aromatic carbocycles. The minimum absolute atomic E-state index is 0.217. The molecule has 2 aromatic rings. The number of hydrogen-bond acceptors (Lipinski definition) is 6. The number of ether oxygens (including phenoxy) is 3. The highest BCUT2D eigenvalue weighted by molar-refractivity contribution is 9.10. The Bertz CT molecular complexity index is 798. The molecule has 3 rings (SSSR count). The lowest BCUT2D eigenvalue weighted by Crippen LogP contribution is -2.38. The van der Waals surface area contributed by atoms with Crippen LogP contribution >= 0.6 is 15.9 Å². The summed E-state index contributed by atoms with van der Waals surface area (Å²) in [5.74, 6) is -1.43. The minimum atomic E-state index is -2.35. The molecule has 1 N–H and O–H groups in total. The Morgan fingerprint density at radius 2 is 1.56 bits per heavy atom. The van der Waals surface area contributed by atoms with Crippen molar-refractivity contribution < 1.29 is 33.3 Å². The van der Waals surface area contributed by atoms with Crippen LogP contribution in [0.5, 0.6) is 0 Å². The number of aliphatic hydroxyl groups is 1. The number of hydrogen-bond donors (Lipinski definition) is 1. The van der Waals surface area contributed by atoms with Crippen LogP contribution in [-0.4, -0.2) is 46.7 Å². The largest absolute Gasteiger partial charge is 0.459 e. The van der Waals surface area contributed by atoms with Crippen molar-refractivity contribution in [2.45, 2.75) is 23.1 Å². The molecule has 8 heteroatoms. The van der Waals surface area contributed by atoms with Crippen molar-refractivity contribution in [2.24, 2.45) is 0 Å². The summed E-state index contributed by atoms with van der Waals surface area (Å²) >= 11 is 2.71. The van der Waals surface area contributed by atoms with E-state index in [1.165, 1.54) is 12.1 Å². The Morgan fingerprint density at radius 1 is 1.04 bits per heavy atom. The molecule has 0 unspecified atom stereocenters. The lowest BCUT2D eigenvalue weighted by Gasteiger charge is -2.19. The third-order valence-corrected chi connectivity index (χ3v) is 4.58. The summed E-state index contributed by atoms with van der Waals surface area (Å²) in [6.07, 6.45) is -4.74. The summed E-state index contributed by atoms with van der Waals surface area (Å²) in [6, 6.07) is 16.2. The van der Waals surface area contributed by atoms with Gasteiger partial charge in [-0.25, -0.2) is 14.0 Å². The molecular formula is C19H16BrFO6. The van der Waals surface area contributed by atoms with Gasteiger partial charge in [-0.3, -0.25) is 0 Å². The normalized spacial score (nSPS) is 27.1. The van der Waals surface area contributed by atoms with Crippen LogP contribution in [0.15, 0.2) is 60.7 Å². The van der Waals surface area contributed by atoms with E-state index in [0.29, 0.717) is 5.56 Å². The van der Waals surface area contributed by atoms with Crippen LogP contribution in [0.4, 0.5) is 4.39 Å². The van der Waals surface area contributed by atoms with Crippen LogP contribution in [0.2, 0.25) is 0 Å². The maximum Gasteiger partial charge on any atom is 0.338 e. The summed E-state index contributed by atoms with van der Waals surface area (Å²) in [5.41, 5.74) is 0.522. The van der Waals surface area contributed by atoms with Gasteiger partial charge in [-0.15, -0.1) is 0 Å². The first-order valence-corrected chi connectivity index (χ1v) is 8.89. The lowest BCUT2D eigenvalue weighted by atomic mass is 10.1. The third-order valence-electron chi connectivity index (χ3n) is 3.95. The van der Waals surface area contributed by atoms with E-state index in [9.17, 15) is 19.1 Å². The third kappa shape index (κ3) is 4.52.